The molecule has 464 valence electrons. The third-order valence-corrected chi connectivity index (χ3v) is 16.1. The van der Waals surface area contributed by atoms with E-state index < -0.39 is 74.2 Å². The zero-order valence-corrected chi connectivity index (χ0v) is 51.1. The van der Waals surface area contributed by atoms with Gasteiger partial charge in [0.05, 0.1) is 25.4 Å². The minimum Gasteiger partial charge on any atom is -0.394 e. The fourth-order valence-corrected chi connectivity index (χ4v) is 10.7. The van der Waals surface area contributed by atoms with Gasteiger partial charge in [0.15, 0.2) is 6.29 Å². The molecule has 11 heteroatoms. The molecule has 1 fully saturated rings. The van der Waals surface area contributed by atoms with Crippen LogP contribution in [0.15, 0.2) is 48.6 Å². The Bertz CT molecular complexity index is 1420. The Labute approximate surface area is 485 Å². The van der Waals surface area contributed by atoms with E-state index in [9.17, 15) is 40.5 Å². The number of unbranched alkanes of at least 4 members (excludes halogenated alkanes) is 38. The third kappa shape index (κ3) is 44.3. The van der Waals surface area contributed by atoms with Crippen LogP contribution < -0.4 is 5.32 Å². The van der Waals surface area contributed by atoms with E-state index in [4.69, 9.17) is 9.47 Å². The number of rotatable bonds is 58. The number of aliphatic hydroxyl groups excluding tert-OH is 7. The quantitative estimate of drug-likeness (QED) is 0.0215. The molecule has 0 aromatic carbocycles. The van der Waals surface area contributed by atoms with Crippen molar-refractivity contribution >= 4 is 5.91 Å². The zero-order valence-electron chi connectivity index (χ0n) is 51.1. The minimum atomic E-state index is -1.67. The number of amides is 1. The molecule has 0 spiro atoms. The van der Waals surface area contributed by atoms with E-state index in [0.29, 0.717) is 19.3 Å². The number of allylic oxidation sites excluding steroid dienone is 8. The van der Waals surface area contributed by atoms with Crippen LogP contribution in [0, 0.1) is 0 Å². The van der Waals surface area contributed by atoms with Gasteiger partial charge in [-0.3, -0.25) is 4.79 Å². The van der Waals surface area contributed by atoms with Crippen molar-refractivity contribution < 1.29 is 50.0 Å². The van der Waals surface area contributed by atoms with Crippen molar-refractivity contribution in [3.05, 3.63) is 48.6 Å². The Morgan fingerprint density at radius 2 is 0.797 bits per heavy atom. The Morgan fingerprint density at radius 1 is 0.443 bits per heavy atom. The van der Waals surface area contributed by atoms with E-state index in [-0.39, 0.29) is 12.8 Å². The SMILES string of the molecule is CCCCCCCCCCC/C=C\C/C=C\CCCCCCCCCCCCCCC(O)C(=O)NC(COC1OC(CO)C(O)C(O)C1O)C(O)C(O)CCC/C=C/CC/C=C/CCCCCCCCCCCCCCCCC. The molecule has 0 aromatic heterocycles. The van der Waals surface area contributed by atoms with Gasteiger partial charge in [0.2, 0.25) is 5.91 Å². The number of aliphatic hydroxyl groups is 7. The molecule has 0 saturated carbocycles. The van der Waals surface area contributed by atoms with Crippen LogP contribution >= 0.6 is 0 Å². The first-order valence-electron chi connectivity index (χ1n) is 33.5. The smallest absolute Gasteiger partial charge is 0.249 e. The molecular weight excluding hydrogens is 991 g/mol. The zero-order chi connectivity index (χ0) is 57.5. The number of carbonyl (C=O) groups excluding carboxylic acids is 1. The molecule has 0 aromatic rings. The average molecular weight is 1120 g/mol. The normalized spacial score (nSPS) is 19.6. The summed E-state index contributed by atoms with van der Waals surface area (Å²) in [4.78, 5) is 13.2. The molecule has 1 aliphatic rings. The number of hydrogen-bond donors (Lipinski definition) is 8. The lowest BCUT2D eigenvalue weighted by Crippen LogP contribution is -2.60. The lowest BCUT2D eigenvalue weighted by Gasteiger charge is -2.40. The fourth-order valence-electron chi connectivity index (χ4n) is 10.7. The summed E-state index contributed by atoms with van der Waals surface area (Å²) >= 11 is 0. The van der Waals surface area contributed by atoms with E-state index in [1.54, 1.807) is 0 Å². The van der Waals surface area contributed by atoms with Crippen molar-refractivity contribution in [1.29, 1.82) is 0 Å². The van der Waals surface area contributed by atoms with Crippen LogP contribution in [0.3, 0.4) is 0 Å². The van der Waals surface area contributed by atoms with Gasteiger partial charge in [0, 0.05) is 0 Å². The lowest BCUT2D eigenvalue weighted by atomic mass is 9.98. The number of carbonyl (C=O) groups is 1. The number of hydrogen-bond acceptors (Lipinski definition) is 10. The van der Waals surface area contributed by atoms with Gasteiger partial charge >= 0.3 is 0 Å². The Hall–Kier alpha value is -1.93. The lowest BCUT2D eigenvalue weighted by molar-refractivity contribution is -0.303. The van der Waals surface area contributed by atoms with Gasteiger partial charge in [-0.1, -0.05) is 274 Å². The summed E-state index contributed by atoms with van der Waals surface area (Å²) in [6.07, 6.45) is 61.8. The van der Waals surface area contributed by atoms with E-state index in [2.05, 4.69) is 67.8 Å². The molecule has 1 amide bonds. The first-order valence-corrected chi connectivity index (χ1v) is 33.5. The number of nitrogens with one attached hydrogen (secondary N) is 1. The van der Waals surface area contributed by atoms with E-state index in [1.165, 1.54) is 218 Å². The van der Waals surface area contributed by atoms with Gasteiger partial charge in [-0.05, 0) is 83.5 Å². The van der Waals surface area contributed by atoms with Gasteiger partial charge < -0.3 is 50.5 Å². The summed E-state index contributed by atoms with van der Waals surface area (Å²) < 4.78 is 11.2. The molecule has 8 N–H and O–H groups in total. The molecule has 1 aliphatic heterocycles. The second-order valence-corrected chi connectivity index (χ2v) is 23.5. The van der Waals surface area contributed by atoms with Crippen molar-refractivity contribution in [1.82, 2.24) is 5.32 Å². The number of ether oxygens (including phenoxy) is 2. The summed E-state index contributed by atoms with van der Waals surface area (Å²) in [5.41, 5.74) is 0. The highest BCUT2D eigenvalue weighted by molar-refractivity contribution is 5.80. The maximum Gasteiger partial charge on any atom is 0.249 e. The van der Waals surface area contributed by atoms with E-state index in [0.717, 1.165) is 44.9 Å². The second kappa shape index (κ2) is 56.5. The van der Waals surface area contributed by atoms with Crippen molar-refractivity contribution in [3.63, 3.8) is 0 Å². The largest absolute Gasteiger partial charge is 0.394 e. The summed E-state index contributed by atoms with van der Waals surface area (Å²) in [7, 11) is 0. The molecule has 0 radical (unpaired) electrons. The van der Waals surface area contributed by atoms with Crippen LogP contribution in [0.1, 0.15) is 309 Å². The Morgan fingerprint density at radius 3 is 1.20 bits per heavy atom. The topological polar surface area (TPSA) is 189 Å². The van der Waals surface area contributed by atoms with Crippen LogP contribution in [-0.4, -0.2) is 110 Å². The van der Waals surface area contributed by atoms with Crippen LogP contribution in [0.4, 0.5) is 0 Å². The molecule has 1 saturated heterocycles. The van der Waals surface area contributed by atoms with Crippen molar-refractivity contribution in [2.75, 3.05) is 13.2 Å². The first-order chi connectivity index (χ1) is 38.7. The van der Waals surface area contributed by atoms with Gasteiger partial charge in [0.1, 0.15) is 36.6 Å². The van der Waals surface area contributed by atoms with E-state index >= 15 is 0 Å². The van der Waals surface area contributed by atoms with Crippen molar-refractivity contribution in [2.24, 2.45) is 0 Å². The third-order valence-electron chi connectivity index (χ3n) is 16.1. The van der Waals surface area contributed by atoms with Crippen LogP contribution in [0.2, 0.25) is 0 Å². The standard InChI is InChI=1S/C68H127NO10/c1-3-5-7-9-11-13-15-17-19-21-23-25-27-29-30-31-32-34-36-38-40-42-44-46-48-50-52-54-56-61(72)67(77)69-59(58-78-68-66(76)65(75)64(74)62(57-70)79-68)63(73)60(71)55-53-51-49-47-45-43-41-39-37-35-33-28-26-24-22-20-18-16-14-12-10-8-6-4-2/h23,25,29-30,39,41,47,49,59-66,68,70-76H,3-22,24,26-28,31-38,40,42-46,48,50-58H2,1-2H3,(H,69,77)/b25-23-,30-29-,41-39+,49-47+. The van der Waals surface area contributed by atoms with Crippen LogP contribution in [0.25, 0.3) is 0 Å². The first kappa shape index (κ1) is 75.1. The fraction of sp³-hybridized carbons (Fsp3) is 0.868. The summed E-state index contributed by atoms with van der Waals surface area (Å²) in [6, 6.07) is -1.19. The monoisotopic (exact) mass is 1120 g/mol. The van der Waals surface area contributed by atoms with E-state index in [1.807, 2.05) is 0 Å². The van der Waals surface area contributed by atoms with Crippen molar-refractivity contribution in [2.45, 2.75) is 364 Å². The maximum absolute atomic E-state index is 13.2. The highest BCUT2D eigenvalue weighted by Gasteiger charge is 2.44. The van der Waals surface area contributed by atoms with Gasteiger partial charge in [-0.25, -0.2) is 0 Å². The van der Waals surface area contributed by atoms with Crippen LogP contribution in [0.5, 0.6) is 0 Å². The highest BCUT2D eigenvalue weighted by atomic mass is 16.7. The summed E-state index contributed by atoms with van der Waals surface area (Å²) in [5.74, 6) is -0.709. The molecule has 1 rings (SSSR count). The molecule has 11 nitrogen and oxygen atoms in total. The van der Waals surface area contributed by atoms with Gasteiger partial charge in [0.25, 0.3) is 0 Å². The summed E-state index contributed by atoms with van der Waals surface area (Å²) in [6.45, 7) is 3.47. The summed E-state index contributed by atoms with van der Waals surface area (Å²) in [5, 5.41) is 76.4. The van der Waals surface area contributed by atoms with Gasteiger partial charge in [-0.15, -0.1) is 0 Å². The molecular formula is C68H127NO10. The molecule has 9 atom stereocenters. The predicted octanol–water partition coefficient (Wildman–Crippen LogP) is 15.6. The Balaban J connectivity index is 2.26. The minimum absolute atomic E-state index is 0.246. The second-order valence-electron chi connectivity index (χ2n) is 23.5. The molecule has 0 aliphatic carbocycles. The highest BCUT2D eigenvalue weighted by Crippen LogP contribution is 2.24. The molecule has 79 heavy (non-hydrogen) atoms. The molecule has 1 heterocycles. The Kier molecular flexibility index (Phi) is 53.7. The molecule has 0 bridgehead atoms. The average Bonchev–Trinajstić information content (AvgIpc) is 3.46. The van der Waals surface area contributed by atoms with Crippen LogP contribution in [-0.2, 0) is 14.3 Å². The maximum atomic E-state index is 13.2. The van der Waals surface area contributed by atoms with Gasteiger partial charge in [-0.2, -0.15) is 0 Å². The predicted molar refractivity (Wildman–Crippen MR) is 330 cm³/mol. The molecule has 9 unspecified atom stereocenters. The van der Waals surface area contributed by atoms with Crippen molar-refractivity contribution in [3.8, 4) is 0 Å².